The maximum absolute atomic E-state index is 5.12. The van der Waals surface area contributed by atoms with E-state index in [-0.39, 0.29) is 5.41 Å². The second-order valence-electron chi connectivity index (χ2n) is 12.7. The van der Waals surface area contributed by atoms with Crippen LogP contribution in [0.1, 0.15) is 47.4 Å². The van der Waals surface area contributed by atoms with Crippen molar-refractivity contribution in [1.82, 2.24) is 14.5 Å². The number of para-hydroxylation sites is 1. The summed E-state index contributed by atoms with van der Waals surface area (Å²) in [6, 6.07) is 48.9. The van der Waals surface area contributed by atoms with Crippen LogP contribution in [-0.4, -0.2) is 14.5 Å². The molecule has 0 saturated carbocycles. The van der Waals surface area contributed by atoms with Gasteiger partial charge in [-0.25, -0.2) is 4.98 Å². The molecule has 0 fully saturated rings. The zero-order valence-electron chi connectivity index (χ0n) is 25.7. The lowest BCUT2D eigenvalue weighted by atomic mass is 9.55. The van der Waals surface area contributed by atoms with Crippen LogP contribution in [0, 0.1) is 0 Å². The highest BCUT2D eigenvalue weighted by molar-refractivity contribution is 7.13. The molecule has 1 aliphatic carbocycles. The Labute approximate surface area is 272 Å². The predicted molar refractivity (Wildman–Crippen MR) is 190 cm³/mol. The molecule has 0 atom stereocenters. The smallest absolute Gasteiger partial charge is 0.123 e. The molecule has 5 aromatic carbocycles. The molecule has 4 heteroatoms. The summed E-state index contributed by atoms with van der Waals surface area (Å²) in [4.78, 5) is 9.74. The predicted octanol–water partition coefficient (Wildman–Crippen LogP) is 10.3. The first-order valence-corrected chi connectivity index (χ1v) is 16.6. The zero-order chi connectivity index (χ0) is 30.9. The zero-order valence-corrected chi connectivity index (χ0v) is 26.5. The molecule has 0 amide bonds. The van der Waals surface area contributed by atoms with Crippen molar-refractivity contribution in [2.45, 2.75) is 24.7 Å². The Kier molecular flexibility index (Phi) is 5.93. The molecule has 0 saturated heterocycles. The number of fused-ring (bicyclic) bond motifs is 5. The Bertz CT molecular complexity index is 2350. The third-order valence-electron chi connectivity index (χ3n) is 9.95. The molecule has 0 bridgehead atoms. The summed E-state index contributed by atoms with van der Waals surface area (Å²) in [5, 5.41) is 5.54. The number of benzene rings is 5. The number of pyridine rings is 1. The molecule has 0 aliphatic heterocycles. The Morgan fingerprint density at radius 1 is 0.565 bits per heavy atom. The molecule has 0 radical (unpaired) electrons. The average Bonchev–Trinajstić information content (AvgIpc) is 3.76. The van der Waals surface area contributed by atoms with Crippen molar-refractivity contribution in [3.63, 3.8) is 0 Å². The number of hydrogen-bond acceptors (Lipinski definition) is 3. The van der Waals surface area contributed by atoms with Gasteiger partial charge in [-0.1, -0.05) is 111 Å². The van der Waals surface area contributed by atoms with Crippen molar-refractivity contribution in [2.24, 2.45) is 0 Å². The molecule has 0 unspecified atom stereocenters. The minimum Gasteiger partial charge on any atom is -0.309 e. The quantitative estimate of drug-likeness (QED) is 0.199. The normalized spacial score (nSPS) is 14.7. The van der Waals surface area contributed by atoms with Crippen LogP contribution in [0.15, 0.2) is 151 Å². The summed E-state index contributed by atoms with van der Waals surface area (Å²) in [7, 11) is 0. The van der Waals surface area contributed by atoms with E-state index >= 15 is 0 Å². The van der Waals surface area contributed by atoms with Gasteiger partial charge in [0.05, 0.1) is 22.1 Å². The van der Waals surface area contributed by atoms with Crippen LogP contribution in [0.5, 0.6) is 0 Å². The van der Waals surface area contributed by atoms with E-state index in [9.17, 15) is 0 Å². The van der Waals surface area contributed by atoms with Crippen LogP contribution in [0.3, 0.4) is 0 Å². The maximum Gasteiger partial charge on any atom is 0.123 e. The van der Waals surface area contributed by atoms with Gasteiger partial charge in [-0.3, -0.25) is 4.98 Å². The van der Waals surface area contributed by atoms with E-state index in [0.29, 0.717) is 0 Å². The van der Waals surface area contributed by atoms with E-state index in [1.807, 2.05) is 23.8 Å². The number of nitrogens with zero attached hydrogens (tertiary/aromatic N) is 3. The molecule has 0 N–H and O–H groups in total. The molecule has 46 heavy (non-hydrogen) atoms. The second kappa shape index (κ2) is 10.1. The average molecular weight is 610 g/mol. The lowest BCUT2D eigenvalue weighted by Gasteiger charge is -2.47. The standard InChI is InChI=1S/C42H31N3S/c1-41(2)33-15-4-6-17-35(33)42(39-20-9-10-23-43-39,36-18-7-5-16-34(36)41)29-12-11-13-30(27-29)45-37-19-8-3-14-31(37)32-22-21-28(26-38(32)45)40-44-24-25-46-40/h3-27H,1-2H3. The summed E-state index contributed by atoms with van der Waals surface area (Å²) >= 11 is 1.67. The lowest BCUT2D eigenvalue weighted by Crippen LogP contribution is -2.42. The molecule has 0 spiro atoms. The Morgan fingerprint density at radius 2 is 1.26 bits per heavy atom. The monoisotopic (exact) mass is 609 g/mol. The van der Waals surface area contributed by atoms with Gasteiger partial charge in [0.2, 0.25) is 0 Å². The van der Waals surface area contributed by atoms with E-state index < -0.39 is 5.41 Å². The molecule has 220 valence electrons. The van der Waals surface area contributed by atoms with Crippen molar-refractivity contribution in [1.29, 1.82) is 0 Å². The summed E-state index contributed by atoms with van der Waals surface area (Å²) in [6.07, 6.45) is 3.81. The molecule has 8 aromatic rings. The van der Waals surface area contributed by atoms with Gasteiger partial charge in [-0.15, -0.1) is 11.3 Å². The van der Waals surface area contributed by atoms with E-state index in [1.54, 1.807) is 11.3 Å². The topological polar surface area (TPSA) is 30.7 Å². The summed E-state index contributed by atoms with van der Waals surface area (Å²) in [5.74, 6) is 0. The van der Waals surface area contributed by atoms with Gasteiger partial charge in [0.1, 0.15) is 5.01 Å². The van der Waals surface area contributed by atoms with E-state index in [0.717, 1.165) is 22.0 Å². The van der Waals surface area contributed by atoms with Crippen molar-refractivity contribution in [3.05, 3.63) is 185 Å². The fraction of sp³-hybridized carbons (Fsp3) is 0.0952. The highest BCUT2D eigenvalue weighted by Crippen LogP contribution is 2.55. The Hall–Kier alpha value is -5.32. The lowest BCUT2D eigenvalue weighted by molar-refractivity contribution is 0.552. The third kappa shape index (κ3) is 3.71. The SMILES string of the molecule is CC1(C)c2ccccc2C(c2cccc(-n3c4ccccc4c4ccc(-c5nccs5)cc43)c2)(c2ccccn2)c2ccccc21. The number of thiazole rings is 1. The fourth-order valence-corrected chi connectivity index (χ4v) is 8.58. The summed E-state index contributed by atoms with van der Waals surface area (Å²) in [5.41, 5.74) is 11.3. The van der Waals surface area contributed by atoms with Gasteiger partial charge in [-0.2, -0.15) is 0 Å². The fourth-order valence-electron chi connectivity index (χ4n) is 7.95. The minimum absolute atomic E-state index is 0.165. The number of hydrogen-bond donors (Lipinski definition) is 0. The third-order valence-corrected chi connectivity index (χ3v) is 10.8. The van der Waals surface area contributed by atoms with Crippen LogP contribution >= 0.6 is 11.3 Å². The Balaban J connectivity index is 1.38. The van der Waals surface area contributed by atoms with E-state index in [1.165, 1.54) is 49.6 Å². The summed E-state index contributed by atoms with van der Waals surface area (Å²) < 4.78 is 2.42. The van der Waals surface area contributed by atoms with Crippen molar-refractivity contribution in [2.75, 3.05) is 0 Å². The van der Waals surface area contributed by atoms with Gasteiger partial charge in [0, 0.05) is 45.2 Å². The molecule has 9 rings (SSSR count). The Morgan fingerprint density at radius 3 is 1.98 bits per heavy atom. The first-order chi connectivity index (χ1) is 22.6. The highest BCUT2D eigenvalue weighted by Gasteiger charge is 2.49. The van der Waals surface area contributed by atoms with Gasteiger partial charge < -0.3 is 4.57 Å². The molecule has 3 aromatic heterocycles. The molecule has 1 aliphatic rings. The van der Waals surface area contributed by atoms with Crippen LogP contribution in [0.2, 0.25) is 0 Å². The first kappa shape index (κ1) is 27.0. The van der Waals surface area contributed by atoms with E-state index in [4.69, 9.17) is 4.98 Å². The number of rotatable bonds is 4. The molecule has 3 heterocycles. The highest BCUT2D eigenvalue weighted by atomic mass is 32.1. The molecular weight excluding hydrogens is 579 g/mol. The van der Waals surface area contributed by atoms with E-state index in [2.05, 4.69) is 151 Å². The van der Waals surface area contributed by atoms with Crippen LogP contribution in [0.4, 0.5) is 0 Å². The number of aromatic nitrogens is 3. The van der Waals surface area contributed by atoms with Crippen LogP contribution < -0.4 is 0 Å². The van der Waals surface area contributed by atoms with Gasteiger partial charge >= 0.3 is 0 Å². The maximum atomic E-state index is 5.12. The van der Waals surface area contributed by atoms with Gasteiger partial charge in [0.15, 0.2) is 0 Å². The summed E-state index contributed by atoms with van der Waals surface area (Å²) in [6.45, 7) is 4.70. The van der Waals surface area contributed by atoms with Crippen molar-refractivity contribution >= 4 is 33.1 Å². The largest absolute Gasteiger partial charge is 0.309 e. The second-order valence-corrected chi connectivity index (χ2v) is 13.5. The van der Waals surface area contributed by atoms with Crippen LogP contribution in [0.25, 0.3) is 38.1 Å². The van der Waals surface area contributed by atoms with Crippen molar-refractivity contribution in [3.8, 4) is 16.3 Å². The molecule has 3 nitrogen and oxygen atoms in total. The molecular formula is C42H31N3S. The van der Waals surface area contributed by atoms with Gasteiger partial charge in [0.25, 0.3) is 0 Å². The van der Waals surface area contributed by atoms with Crippen molar-refractivity contribution < 1.29 is 0 Å². The van der Waals surface area contributed by atoms with Crippen LogP contribution in [-0.2, 0) is 10.8 Å². The minimum atomic E-state index is -0.606. The first-order valence-electron chi connectivity index (χ1n) is 15.7. The van der Waals surface area contributed by atoms with Gasteiger partial charge in [-0.05, 0) is 64.2 Å².